The fourth-order valence-electron chi connectivity index (χ4n) is 3.26. The van der Waals surface area contributed by atoms with Crippen molar-refractivity contribution in [2.45, 2.75) is 13.1 Å². The number of rotatable bonds is 4. The van der Waals surface area contributed by atoms with Crippen molar-refractivity contribution in [2.75, 3.05) is 6.61 Å². The van der Waals surface area contributed by atoms with Crippen LogP contribution in [0.1, 0.15) is 5.56 Å². The van der Waals surface area contributed by atoms with Gasteiger partial charge in [-0.15, -0.1) is 16.4 Å². The van der Waals surface area contributed by atoms with E-state index in [2.05, 4.69) is 20.1 Å². The van der Waals surface area contributed by atoms with Crippen LogP contribution in [-0.4, -0.2) is 37.5 Å². The lowest BCUT2D eigenvalue weighted by Crippen LogP contribution is -2.19. The van der Waals surface area contributed by atoms with Gasteiger partial charge in [0, 0.05) is 12.3 Å². The van der Waals surface area contributed by atoms with Crippen LogP contribution in [0.25, 0.3) is 38.5 Å². The average molecular weight is 494 g/mol. The van der Waals surface area contributed by atoms with Crippen LogP contribution in [0.5, 0.6) is 5.88 Å². The van der Waals surface area contributed by atoms with Crippen molar-refractivity contribution < 1.29 is 22.3 Å². The number of ether oxygens (including phenoxy) is 1. The van der Waals surface area contributed by atoms with Crippen molar-refractivity contribution in [2.24, 2.45) is 0 Å². The minimum Gasteiger partial charge on any atom is -0.467 e. The van der Waals surface area contributed by atoms with Gasteiger partial charge in [0.1, 0.15) is 5.69 Å². The Kier molecular flexibility index (Phi) is 5.05. The van der Waals surface area contributed by atoms with Gasteiger partial charge in [-0.2, -0.15) is 13.2 Å². The molecule has 5 rings (SSSR count). The van der Waals surface area contributed by atoms with E-state index in [-0.39, 0.29) is 33.7 Å². The van der Waals surface area contributed by atoms with E-state index in [0.29, 0.717) is 11.0 Å². The molecular weight excluding hydrogens is 483 g/mol. The number of hydrogen-bond donors (Lipinski definition) is 0. The smallest absolute Gasteiger partial charge is 0.422 e. The van der Waals surface area contributed by atoms with Crippen LogP contribution in [0.15, 0.2) is 45.2 Å². The molecule has 8 nitrogen and oxygen atoms in total. The zero-order valence-electron chi connectivity index (χ0n) is 16.6. The Bertz CT molecular complexity index is 1580. The molecule has 1 aromatic carbocycles. The molecule has 13 heteroatoms. The van der Waals surface area contributed by atoms with E-state index >= 15 is 0 Å². The monoisotopic (exact) mass is 493 g/mol. The summed E-state index contributed by atoms with van der Waals surface area (Å²) >= 11 is 7.62. The van der Waals surface area contributed by atoms with Crippen LogP contribution in [0, 0.1) is 6.92 Å². The summed E-state index contributed by atoms with van der Waals surface area (Å²) in [7, 11) is 0. The molecule has 5 aromatic rings. The lowest BCUT2D eigenvalue weighted by Gasteiger charge is -2.08. The maximum absolute atomic E-state index is 12.8. The van der Waals surface area contributed by atoms with Crippen LogP contribution in [0.4, 0.5) is 13.2 Å². The molecule has 33 heavy (non-hydrogen) atoms. The molecule has 0 aliphatic carbocycles. The Balaban J connectivity index is 1.73. The number of benzene rings is 1. The highest BCUT2D eigenvalue weighted by Crippen LogP contribution is 2.32. The second kappa shape index (κ2) is 7.81. The van der Waals surface area contributed by atoms with Crippen molar-refractivity contribution >= 4 is 44.1 Å². The van der Waals surface area contributed by atoms with Crippen LogP contribution in [0.2, 0.25) is 5.02 Å². The predicted molar refractivity (Wildman–Crippen MR) is 115 cm³/mol. The second-order valence-electron chi connectivity index (χ2n) is 6.90. The van der Waals surface area contributed by atoms with E-state index in [1.165, 1.54) is 29.7 Å². The van der Waals surface area contributed by atoms with Crippen LogP contribution >= 0.6 is 22.9 Å². The number of aryl methyl sites for hydroxylation is 1. The molecule has 0 radical (unpaired) electrons. The molecule has 0 saturated carbocycles. The quantitative estimate of drug-likeness (QED) is 0.349. The van der Waals surface area contributed by atoms with Gasteiger partial charge in [0.05, 0.1) is 31.7 Å². The summed E-state index contributed by atoms with van der Waals surface area (Å²) in [6, 6.07) is 5.87. The third-order valence-electron chi connectivity index (χ3n) is 4.68. The standard InChI is InChI=1S/C20H11ClF3N5O3S/c1-9-15-10(5-12-16(9)33-8-26-12)19(30)32-18(27-15)13-6-14(31-7-20(22,23)24)28-29(13)17-11(21)3-2-4-25-17/h2-6,8H,7H2,1H3. The summed E-state index contributed by atoms with van der Waals surface area (Å²) in [5.41, 5.74) is 2.73. The molecule has 0 fully saturated rings. The maximum atomic E-state index is 12.8. The molecule has 0 saturated heterocycles. The first-order chi connectivity index (χ1) is 15.7. The molecule has 0 spiro atoms. The van der Waals surface area contributed by atoms with Crippen molar-refractivity contribution in [1.29, 1.82) is 0 Å². The van der Waals surface area contributed by atoms with Gasteiger partial charge in [0.15, 0.2) is 12.4 Å². The van der Waals surface area contributed by atoms with Crippen molar-refractivity contribution in [3.63, 3.8) is 0 Å². The summed E-state index contributed by atoms with van der Waals surface area (Å²) in [4.78, 5) is 25.6. The molecule has 0 amide bonds. The van der Waals surface area contributed by atoms with E-state index in [1.807, 2.05) is 0 Å². The molecule has 4 heterocycles. The fraction of sp³-hybridized carbons (Fsp3) is 0.150. The van der Waals surface area contributed by atoms with Gasteiger partial charge in [-0.1, -0.05) is 11.6 Å². The number of hydrogen-bond acceptors (Lipinski definition) is 8. The number of aromatic nitrogens is 5. The number of fused-ring (bicyclic) bond motifs is 2. The highest BCUT2D eigenvalue weighted by atomic mass is 35.5. The first kappa shape index (κ1) is 21.3. The summed E-state index contributed by atoms with van der Waals surface area (Å²) in [5, 5.41) is 4.42. The van der Waals surface area contributed by atoms with Crippen LogP contribution < -0.4 is 10.4 Å². The lowest BCUT2D eigenvalue weighted by atomic mass is 10.1. The topological polar surface area (TPSA) is 95.9 Å². The highest BCUT2D eigenvalue weighted by Gasteiger charge is 2.30. The van der Waals surface area contributed by atoms with Crippen LogP contribution in [0.3, 0.4) is 0 Å². The molecular formula is C20H11ClF3N5O3S. The van der Waals surface area contributed by atoms with Gasteiger partial charge < -0.3 is 9.15 Å². The Morgan fingerprint density at radius 1 is 1.27 bits per heavy atom. The first-order valence-electron chi connectivity index (χ1n) is 9.30. The number of alkyl halides is 3. The highest BCUT2D eigenvalue weighted by molar-refractivity contribution is 7.17. The fourth-order valence-corrected chi connectivity index (χ4v) is 4.24. The SMILES string of the molecule is Cc1c2nc(-c3cc(OCC(F)(F)F)nn3-c3ncccc3Cl)oc(=O)c2cc2ncsc12. The van der Waals surface area contributed by atoms with Crippen LogP contribution in [-0.2, 0) is 0 Å². The van der Waals surface area contributed by atoms with E-state index in [0.717, 1.165) is 14.9 Å². The van der Waals surface area contributed by atoms with Crippen molar-refractivity contribution in [3.05, 3.63) is 57.0 Å². The van der Waals surface area contributed by atoms with Gasteiger partial charge >= 0.3 is 11.8 Å². The third-order valence-corrected chi connectivity index (χ3v) is 5.94. The zero-order chi connectivity index (χ0) is 23.3. The Morgan fingerprint density at radius 3 is 2.85 bits per heavy atom. The largest absolute Gasteiger partial charge is 0.467 e. The lowest BCUT2D eigenvalue weighted by molar-refractivity contribution is -0.154. The third kappa shape index (κ3) is 3.91. The summed E-state index contributed by atoms with van der Waals surface area (Å²) in [6.07, 6.45) is -3.14. The minimum atomic E-state index is -4.57. The average Bonchev–Trinajstić information content (AvgIpc) is 3.40. The second-order valence-corrected chi connectivity index (χ2v) is 8.16. The first-order valence-corrected chi connectivity index (χ1v) is 10.6. The number of halogens is 4. The molecule has 0 atom stereocenters. The summed E-state index contributed by atoms with van der Waals surface area (Å²) in [6.45, 7) is 0.237. The van der Waals surface area contributed by atoms with E-state index < -0.39 is 18.4 Å². The Morgan fingerprint density at radius 2 is 2.09 bits per heavy atom. The Labute approximate surface area is 191 Å². The van der Waals surface area contributed by atoms with Gasteiger partial charge in [-0.05, 0) is 30.7 Å². The molecule has 0 bridgehead atoms. The normalized spacial score (nSPS) is 12.0. The number of nitrogens with zero attached hydrogens (tertiary/aromatic N) is 5. The van der Waals surface area contributed by atoms with Gasteiger partial charge in [-0.3, -0.25) is 0 Å². The molecule has 0 N–H and O–H groups in total. The molecule has 0 aliphatic rings. The van der Waals surface area contributed by atoms with Gasteiger partial charge in [0.25, 0.3) is 0 Å². The molecule has 0 aliphatic heterocycles. The summed E-state index contributed by atoms with van der Waals surface area (Å²) < 4.78 is 50.2. The van der Waals surface area contributed by atoms with E-state index in [9.17, 15) is 18.0 Å². The number of pyridine rings is 1. The minimum absolute atomic E-state index is 0.0376. The van der Waals surface area contributed by atoms with Gasteiger partial charge in [0.2, 0.25) is 11.8 Å². The molecule has 168 valence electrons. The summed E-state index contributed by atoms with van der Waals surface area (Å²) in [5.74, 6) is -0.464. The Hall–Kier alpha value is -3.51. The van der Waals surface area contributed by atoms with Gasteiger partial charge in [-0.25, -0.2) is 24.4 Å². The van der Waals surface area contributed by atoms with Crippen molar-refractivity contribution in [3.8, 4) is 23.3 Å². The molecule has 0 unspecified atom stereocenters. The number of thiazole rings is 1. The molecule has 4 aromatic heterocycles. The van der Waals surface area contributed by atoms with Crippen molar-refractivity contribution in [1.82, 2.24) is 24.7 Å². The predicted octanol–water partition coefficient (Wildman–Crippen LogP) is 4.95. The van der Waals surface area contributed by atoms with E-state index in [4.69, 9.17) is 20.8 Å². The zero-order valence-corrected chi connectivity index (χ0v) is 18.1. The van der Waals surface area contributed by atoms with E-state index in [1.54, 1.807) is 24.6 Å². The maximum Gasteiger partial charge on any atom is 0.422 e.